The van der Waals surface area contributed by atoms with Crippen LogP contribution in [0.2, 0.25) is 0 Å². The van der Waals surface area contributed by atoms with Crippen LogP contribution < -0.4 is 21.3 Å². The van der Waals surface area contributed by atoms with Crippen LogP contribution in [0.5, 0.6) is 0 Å². The maximum Gasteiger partial charge on any atom is 0.278 e. The molecule has 0 unspecified atom stereocenters. The number of carbonyl (C=O) groups is 5. The summed E-state index contributed by atoms with van der Waals surface area (Å²) in [5, 5.41) is 22.9. The summed E-state index contributed by atoms with van der Waals surface area (Å²) in [6.45, 7) is 8.28. The second kappa shape index (κ2) is 15.2. The Kier molecular flexibility index (Phi) is 11.2. The summed E-state index contributed by atoms with van der Waals surface area (Å²) in [6, 6.07) is 6.63. The SMILES string of the molecule is Cc1nonc1C(=O)N1CCCNC(=O)Cn2nc(-c3ccccc3)nc2[C@H](C)NC(=O)[C@@H](CC(C)C)NC(=O)[C@@H](C)NC(=O)C1. The molecule has 0 saturated carbocycles. The molecule has 0 fully saturated rings. The van der Waals surface area contributed by atoms with Crippen LogP contribution in [0.25, 0.3) is 11.4 Å². The highest BCUT2D eigenvalue weighted by Crippen LogP contribution is 2.19. The Morgan fingerprint density at radius 3 is 2.37 bits per heavy atom. The van der Waals surface area contributed by atoms with Crippen molar-refractivity contribution in [2.24, 2.45) is 5.92 Å². The Bertz CT molecular complexity index is 1550. The van der Waals surface area contributed by atoms with Crippen molar-refractivity contribution in [3.05, 3.63) is 47.5 Å². The van der Waals surface area contributed by atoms with E-state index in [1.165, 1.54) is 16.5 Å². The van der Waals surface area contributed by atoms with Crippen LogP contribution in [-0.2, 0) is 25.7 Å². The van der Waals surface area contributed by atoms with Crippen LogP contribution >= 0.6 is 0 Å². The average molecular weight is 637 g/mol. The minimum Gasteiger partial charge on any atom is -0.354 e. The van der Waals surface area contributed by atoms with E-state index in [1.807, 2.05) is 44.2 Å². The van der Waals surface area contributed by atoms with Crippen molar-refractivity contribution in [2.75, 3.05) is 19.6 Å². The largest absolute Gasteiger partial charge is 0.354 e. The molecule has 1 aliphatic rings. The molecule has 3 atom stereocenters. The van der Waals surface area contributed by atoms with E-state index in [0.29, 0.717) is 24.5 Å². The number of benzene rings is 1. The Morgan fingerprint density at radius 1 is 0.957 bits per heavy atom. The van der Waals surface area contributed by atoms with Crippen molar-refractivity contribution in [3.63, 3.8) is 0 Å². The molecule has 0 radical (unpaired) electrons. The Morgan fingerprint density at radius 2 is 1.70 bits per heavy atom. The first-order chi connectivity index (χ1) is 21.9. The zero-order valence-electron chi connectivity index (χ0n) is 26.6. The number of fused-ring (bicyclic) bond motifs is 1. The highest BCUT2D eigenvalue weighted by atomic mass is 16.6. The number of hydrogen-bond acceptors (Lipinski definition) is 10. The van der Waals surface area contributed by atoms with Crippen molar-refractivity contribution in [1.29, 1.82) is 0 Å². The molecular weight excluding hydrogens is 596 g/mol. The third kappa shape index (κ3) is 8.73. The fraction of sp³-hybridized carbons (Fsp3) is 0.500. The normalized spacial score (nSPS) is 20.8. The lowest BCUT2D eigenvalue weighted by atomic mass is 10.0. The fourth-order valence-electron chi connectivity index (χ4n) is 4.92. The van der Waals surface area contributed by atoms with E-state index in [1.54, 1.807) is 13.8 Å². The van der Waals surface area contributed by atoms with Crippen molar-refractivity contribution in [1.82, 2.24) is 51.2 Å². The molecule has 5 amide bonds. The first-order valence-electron chi connectivity index (χ1n) is 15.2. The van der Waals surface area contributed by atoms with Crippen molar-refractivity contribution < 1.29 is 28.6 Å². The molecule has 4 rings (SSSR count). The number of nitrogens with zero attached hydrogens (tertiary/aromatic N) is 6. The Balaban J connectivity index is 1.63. The van der Waals surface area contributed by atoms with Gasteiger partial charge in [-0.2, -0.15) is 5.10 Å². The van der Waals surface area contributed by atoms with Gasteiger partial charge in [-0.3, -0.25) is 24.0 Å². The molecule has 3 aromatic rings. The minimum absolute atomic E-state index is 0.0453. The maximum absolute atomic E-state index is 13.5. The summed E-state index contributed by atoms with van der Waals surface area (Å²) in [5.41, 5.74) is 0.939. The van der Waals surface area contributed by atoms with E-state index in [2.05, 4.69) is 46.3 Å². The molecule has 0 aliphatic carbocycles. The minimum atomic E-state index is -1.02. The second-order valence-corrected chi connectivity index (χ2v) is 11.7. The number of amides is 5. The summed E-state index contributed by atoms with van der Waals surface area (Å²) in [6.07, 6.45) is 0.622. The molecule has 16 heteroatoms. The van der Waals surface area contributed by atoms with E-state index in [9.17, 15) is 24.0 Å². The zero-order chi connectivity index (χ0) is 33.4. The lowest BCUT2D eigenvalue weighted by Crippen LogP contribution is -2.54. The molecule has 1 aromatic carbocycles. The topological polar surface area (TPSA) is 206 Å². The van der Waals surface area contributed by atoms with Crippen LogP contribution in [0.1, 0.15) is 68.6 Å². The van der Waals surface area contributed by atoms with Gasteiger partial charge in [0.25, 0.3) is 5.91 Å². The molecule has 4 N–H and O–H groups in total. The van der Waals surface area contributed by atoms with Crippen molar-refractivity contribution >= 4 is 29.5 Å². The molecular formula is C30H40N10O6. The van der Waals surface area contributed by atoms with E-state index >= 15 is 0 Å². The monoisotopic (exact) mass is 636 g/mol. The summed E-state index contributed by atoms with van der Waals surface area (Å²) in [5.74, 6) is -1.81. The van der Waals surface area contributed by atoms with Crippen LogP contribution in [0, 0.1) is 12.8 Å². The van der Waals surface area contributed by atoms with E-state index in [4.69, 9.17) is 0 Å². The number of rotatable bonds is 4. The van der Waals surface area contributed by atoms with Gasteiger partial charge in [0.05, 0.1) is 12.6 Å². The van der Waals surface area contributed by atoms with Crippen LogP contribution in [0.4, 0.5) is 0 Å². The first kappa shape index (κ1) is 33.7. The third-order valence-electron chi connectivity index (χ3n) is 7.29. The van der Waals surface area contributed by atoms with Gasteiger partial charge in [0.2, 0.25) is 23.6 Å². The Hall–Kier alpha value is -5.15. The molecule has 246 valence electrons. The highest BCUT2D eigenvalue weighted by molar-refractivity contribution is 5.96. The molecule has 46 heavy (non-hydrogen) atoms. The van der Waals surface area contributed by atoms with Gasteiger partial charge in [0.15, 0.2) is 11.5 Å². The molecule has 3 heterocycles. The molecule has 2 aromatic heterocycles. The van der Waals surface area contributed by atoms with Crippen LogP contribution in [-0.4, -0.2) is 91.2 Å². The number of hydrogen-bond donors (Lipinski definition) is 4. The second-order valence-electron chi connectivity index (χ2n) is 11.7. The zero-order valence-corrected chi connectivity index (χ0v) is 26.6. The number of aryl methyl sites for hydroxylation is 1. The average Bonchev–Trinajstić information content (AvgIpc) is 3.63. The first-order valence-corrected chi connectivity index (χ1v) is 15.2. The number of carbonyl (C=O) groups excluding carboxylic acids is 5. The predicted octanol–water partition coefficient (Wildman–Crippen LogP) is 0.512. The molecule has 0 bridgehead atoms. The van der Waals surface area contributed by atoms with E-state index in [0.717, 1.165) is 5.56 Å². The van der Waals surface area contributed by atoms with Gasteiger partial charge < -0.3 is 26.2 Å². The van der Waals surface area contributed by atoms with Crippen LogP contribution in [0.3, 0.4) is 0 Å². The van der Waals surface area contributed by atoms with E-state index in [-0.39, 0.29) is 42.8 Å². The molecule has 16 nitrogen and oxygen atoms in total. The van der Waals surface area contributed by atoms with Crippen molar-refractivity contribution in [3.8, 4) is 11.4 Å². The van der Waals surface area contributed by atoms with Gasteiger partial charge >= 0.3 is 0 Å². The summed E-state index contributed by atoms with van der Waals surface area (Å²) >= 11 is 0. The lowest BCUT2D eigenvalue weighted by molar-refractivity contribution is -0.132. The van der Waals surface area contributed by atoms with Crippen molar-refractivity contribution in [2.45, 2.75) is 72.1 Å². The summed E-state index contributed by atoms with van der Waals surface area (Å²) in [4.78, 5) is 71.8. The molecule has 0 saturated heterocycles. The third-order valence-corrected chi connectivity index (χ3v) is 7.29. The van der Waals surface area contributed by atoms with E-state index < -0.39 is 48.3 Å². The fourth-order valence-corrected chi connectivity index (χ4v) is 4.92. The van der Waals surface area contributed by atoms with Gasteiger partial charge in [-0.1, -0.05) is 49.3 Å². The molecule has 0 spiro atoms. The summed E-state index contributed by atoms with van der Waals surface area (Å²) < 4.78 is 6.10. The van der Waals surface area contributed by atoms with Crippen LogP contribution in [0.15, 0.2) is 35.0 Å². The molecule has 1 aliphatic heterocycles. The predicted molar refractivity (Wildman–Crippen MR) is 164 cm³/mol. The highest BCUT2D eigenvalue weighted by Gasteiger charge is 2.30. The van der Waals surface area contributed by atoms with Gasteiger partial charge in [-0.05, 0) is 44.7 Å². The number of nitrogens with one attached hydrogen (secondary N) is 4. The Labute approximate surface area is 266 Å². The van der Waals surface area contributed by atoms with Gasteiger partial charge in [-0.15, -0.1) is 0 Å². The van der Waals surface area contributed by atoms with Gasteiger partial charge in [0.1, 0.15) is 30.1 Å². The van der Waals surface area contributed by atoms with Gasteiger partial charge in [0, 0.05) is 18.7 Å². The summed E-state index contributed by atoms with van der Waals surface area (Å²) in [7, 11) is 0. The quantitative estimate of drug-likeness (QED) is 0.312. The standard InChI is InChI=1S/C30H40N10O6/c1-17(2)14-22-29(44)33-19(4)27-35-26(21-10-7-6-8-11-21)36-40(27)16-23(41)31-12-9-13-39(30(45)25-18(3)37-46-38-25)15-24(42)32-20(5)28(43)34-22/h6-8,10-11,17,19-20,22H,9,12-16H2,1-5H3,(H,31,41)(H,32,42)(H,33,44)(H,34,43)/t19-,20+,22+/m0/s1. The van der Waals surface area contributed by atoms with Gasteiger partial charge in [-0.25, -0.2) is 14.3 Å². The lowest BCUT2D eigenvalue weighted by Gasteiger charge is -2.25. The smallest absolute Gasteiger partial charge is 0.278 e. The number of aromatic nitrogens is 5. The maximum atomic E-state index is 13.5.